The first-order valence-corrected chi connectivity index (χ1v) is 6.62. The van der Waals surface area contributed by atoms with Crippen molar-refractivity contribution in [3.05, 3.63) is 41.0 Å². The molecule has 0 amide bonds. The van der Waals surface area contributed by atoms with Crippen molar-refractivity contribution in [1.82, 2.24) is 0 Å². The number of phenols is 1. The Hall–Kier alpha value is -2.08. The van der Waals surface area contributed by atoms with Gasteiger partial charge in [0, 0.05) is 5.39 Å². The largest absolute Gasteiger partial charge is 0.508 e. The van der Waals surface area contributed by atoms with Crippen LogP contribution >= 0.6 is 0 Å². The smallest absolute Gasteiger partial charge is 0.175 e. The van der Waals surface area contributed by atoms with Crippen molar-refractivity contribution in [2.75, 3.05) is 0 Å². The van der Waals surface area contributed by atoms with Gasteiger partial charge in [0.2, 0.25) is 0 Å². The molecule has 1 nitrogen and oxygen atoms in total. The monoisotopic (exact) mass is 278 g/mol. The molecule has 0 saturated heterocycles. The first-order valence-electron chi connectivity index (χ1n) is 6.62. The number of fused-ring (bicyclic) bond motifs is 1. The molecule has 0 saturated carbocycles. The number of benzene rings is 2. The van der Waals surface area contributed by atoms with Gasteiger partial charge in [0.15, 0.2) is 11.6 Å². The van der Waals surface area contributed by atoms with E-state index in [9.17, 15) is 13.9 Å². The second-order valence-electron chi connectivity index (χ2n) is 3.55. The summed E-state index contributed by atoms with van der Waals surface area (Å²) in [5, 5.41) is 10.2. The molecule has 0 aliphatic carbocycles. The highest BCUT2D eigenvalue weighted by Gasteiger charge is 2.14. The summed E-state index contributed by atoms with van der Waals surface area (Å²) in [5.74, 6) is 0.109. The SMILES string of the molecule is C#Cc1c(F)c(F)cc2cc(O)cc(C)c12.CC.CC. The Kier molecular flexibility index (Phi) is 7.31. The van der Waals surface area contributed by atoms with E-state index < -0.39 is 11.6 Å². The van der Waals surface area contributed by atoms with Crippen LogP contribution in [0.25, 0.3) is 10.8 Å². The average Bonchev–Trinajstić information content (AvgIpc) is 2.45. The van der Waals surface area contributed by atoms with Crippen molar-refractivity contribution < 1.29 is 13.9 Å². The first-order chi connectivity index (χ1) is 9.54. The van der Waals surface area contributed by atoms with Gasteiger partial charge in [-0.25, -0.2) is 8.78 Å². The first kappa shape index (κ1) is 17.9. The zero-order valence-corrected chi connectivity index (χ0v) is 12.5. The molecule has 20 heavy (non-hydrogen) atoms. The fourth-order valence-corrected chi connectivity index (χ4v) is 1.81. The number of aryl methyl sites for hydroxylation is 1. The van der Waals surface area contributed by atoms with Crippen LogP contribution in [0.5, 0.6) is 5.75 Å². The topological polar surface area (TPSA) is 20.2 Å². The van der Waals surface area contributed by atoms with E-state index in [4.69, 9.17) is 6.42 Å². The van der Waals surface area contributed by atoms with Crippen LogP contribution in [0, 0.1) is 30.9 Å². The molecule has 0 radical (unpaired) electrons. The highest BCUT2D eigenvalue weighted by atomic mass is 19.2. The quantitative estimate of drug-likeness (QED) is 0.659. The molecule has 0 fully saturated rings. The van der Waals surface area contributed by atoms with Gasteiger partial charge in [-0.15, -0.1) is 6.42 Å². The van der Waals surface area contributed by atoms with Gasteiger partial charge < -0.3 is 5.11 Å². The van der Waals surface area contributed by atoms with Gasteiger partial charge in [-0.2, -0.15) is 0 Å². The Morgan fingerprint density at radius 1 is 1.05 bits per heavy atom. The minimum Gasteiger partial charge on any atom is -0.508 e. The summed E-state index contributed by atoms with van der Waals surface area (Å²) in [5.41, 5.74) is 0.509. The van der Waals surface area contributed by atoms with Crippen LogP contribution in [0.3, 0.4) is 0 Å². The molecule has 108 valence electrons. The van der Waals surface area contributed by atoms with Crippen molar-refractivity contribution in [3.63, 3.8) is 0 Å². The molecule has 2 aromatic rings. The van der Waals surface area contributed by atoms with Crippen LogP contribution in [-0.2, 0) is 0 Å². The fourth-order valence-electron chi connectivity index (χ4n) is 1.81. The average molecular weight is 278 g/mol. The molecular weight excluding hydrogens is 258 g/mol. The third-order valence-corrected chi connectivity index (χ3v) is 2.46. The number of halogens is 2. The Morgan fingerprint density at radius 2 is 1.60 bits per heavy atom. The van der Waals surface area contributed by atoms with Gasteiger partial charge in [-0.3, -0.25) is 0 Å². The summed E-state index contributed by atoms with van der Waals surface area (Å²) < 4.78 is 26.6. The highest BCUT2D eigenvalue weighted by Crippen LogP contribution is 2.29. The molecule has 0 bridgehead atoms. The lowest BCUT2D eigenvalue weighted by Gasteiger charge is -2.07. The van der Waals surface area contributed by atoms with Crippen LogP contribution in [0.2, 0.25) is 0 Å². The number of aromatic hydroxyl groups is 1. The number of phenolic OH excluding ortho intramolecular Hbond substituents is 1. The van der Waals surface area contributed by atoms with Gasteiger partial charge in [-0.05, 0) is 36.1 Å². The van der Waals surface area contributed by atoms with E-state index in [2.05, 4.69) is 5.92 Å². The highest BCUT2D eigenvalue weighted by molar-refractivity contribution is 5.92. The molecule has 2 aromatic carbocycles. The molecule has 0 heterocycles. The maximum absolute atomic E-state index is 13.4. The van der Waals surface area contributed by atoms with Crippen LogP contribution in [0.15, 0.2) is 18.2 Å². The molecule has 0 spiro atoms. The molecule has 2 rings (SSSR count). The molecule has 1 N–H and O–H groups in total. The minimum absolute atomic E-state index is 0.000945. The zero-order chi connectivity index (χ0) is 15.9. The van der Waals surface area contributed by atoms with Crippen molar-refractivity contribution in [2.24, 2.45) is 0 Å². The van der Waals surface area contributed by atoms with E-state index in [0.717, 1.165) is 6.07 Å². The summed E-state index contributed by atoms with van der Waals surface area (Å²) in [6, 6.07) is 3.84. The van der Waals surface area contributed by atoms with Gasteiger partial charge in [0.1, 0.15) is 5.75 Å². The maximum atomic E-state index is 13.4. The summed E-state index contributed by atoms with van der Waals surface area (Å²) in [4.78, 5) is 0. The Balaban J connectivity index is 0.000000829. The molecule has 0 aliphatic rings. The van der Waals surface area contributed by atoms with E-state index in [1.165, 1.54) is 12.1 Å². The number of hydrogen-bond donors (Lipinski definition) is 1. The van der Waals surface area contributed by atoms with Gasteiger partial charge in [-0.1, -0.05) is 33.6 Å². The Bertz CT molecular complexity index is 625. The van der Waals surface area contributed by atoms with Crippen LogP contribution < -0.4 is 0 Å². The van der Waals surface area contributed by atoms with E-state index >= 15 is 0 Å². The standard InChI is InChI=1S/C13H8F2O.2C2H6/c1-3-10-12-7(2)4-9(16)5-8(12)6-11(14)13(10)15;2*1-2/h1,4-6,16H,2H3;2*1-2H3. The van der Waals surface area contributed by atoms with E-state index in [0.29, 0.717) is 16.3 Å². The van der Waals surface area contributed by atoms with Gasteiger partial charge in [0.05, 0.1) is 5.56 Å². The third kappa shape index (κ3) is 3.48. The summed E-state index contributed by atoms with van der Waals surface area (Å²) in [6.45, 7) is 9.68. The normalized spacial score (nSPS) is 8.90. The lowest BCUT2D eigenvalue weighted by Crippen LogP contribution is -1.94. The number of rotatable bonds is 0. The summed E-state index contributed by atoms with van der Waals surface area (Å²) in [7, 11) is 0. The van der Waals surface area contributed by atoms with Gasteiger partial charge in [0.25, 0.3) is 0 Å². The molecule has 0 aliphatic heterocycles. The lowest BCUT2D eigenvalue weighted by molar-refractivity contribution is 0.475. The predicted octanol–water partition coefficient (Wildman–Crippen LogP) is 5.17. The third-order valence-electron chi connectivity index (χ3n) is 2.46. The molecular formula is C17H20F2O. The van der Waals surface area contributed by atoms with Crippen molar-refractivity contribution in [3.8, 4) is 18.1 Å². The minimum atomic E-state index is -1.02. The number of terminal acetylenes is 1. The van der Waals surface area contributed by atoms with E-state index in [-0.39, 0.29) is 11.3 Å². The van der Waals surface area contributed by atoms with E-state index in [1.807, 2.05) is 27.7 Å². The number of hydrogen-bond acceptors (Lipinski definition) is 1. The Morgan fingerprint density at radius 3 is 2.10 bits per heavy atom. The van der Waals surface area contributed by atoms with Crippen LogP contribution in [0.4, 0.5) is 8.78 Å². The summed E-state index contributed by atoms with van der Waals surface area (Å²) >= 11 is 0. The van der Waals surface area contributed by atoms with Crippen molar-refractivity contribution in [1.29, 1.82) is 0 Å². The van der Waals surface area contributed by atoms with Crippen molar-refractivity contribution >= 4 is 10.8 Å². The fraction of sp³-hybridized carbons (Fsp3) is 0.294. The van der Waals surface area contributed by atoms with Crippen molar-refractivity contribution in [2.45, 2.75) is 34.6 Å². The molecule has 0 unspecified atom stereocenters. The Labute approximate surface area is 119 Å². The maximum Gasteiger partial charge on any atom is 0.175 e. The molecule has 3 heteroatoms. The summed E-state index contributed by atoms with van der Waals surface area (Å²) in [6.07, 6.45) is 5.17. The molecule has 0 atom stereocenters. The predicted molar refractivity (Wildman–Crippen MR) is 80.9 cm³/mol. The molecule has 0 aromatic heterocycles. The van der Waals surface area contributed by atoms with Crippen LogP contribution in [-0.4, -0.2) is 5.11 Å². The van der Waals surface area contributed by atoms with E-state index in [1.54, 1.807) is 6.92 Å². The lowest BCUT2D eigenvalue weighted by atomic mass is 9.99. The zero-order valence-electron chi connectivity index (χ0n) is 12.5. The van der Waals surface area contributed by atoms with Crippen LogP contribution in [0.1, 0.15) is 38.8 Å². The second kappa shape index (κ2) is 8.16. The van der Waals surface area contributed by atoms with Gasteiger partial charge >= 0.3 is 0 Å². The second-order valence-corrected chi connectivity index (χ2v) is 3.55.